The van der Waals surface area contributed by atoms with E-state index in [1.54, 1.807) is 9.13 Å². The molecule has 0 saturated carbocycles. The van der Waals surface area contributed by atoms with Crippen molar-refractivity contribution in [2.45, 2.75) is 131 Å². The lowest BCUT2D eigenvalue weighted by molar-refractivity contribution is 0.589. The van der Waals surface area contributed by atoms with Gasteiger partial charge in [0.05, 0.1) is 55.4 Å². The van der Waals surface area contributed by atoms with Gasteiger partial charge in [-0.25, -0.2) is 0 Å². The maximum atomic E-state index is 10.1. The summed E-state index contributed by atoms with van der Waals surface area (Å²) in [6.45, 7) is 32.6. The fourth-order valence-electron chi connectivity index (χ4n) is 17.3. The second-order valence-electron chi connectivity index (χ2n) is 36.2. The molecule has 4 nitrogen and oxygen atoms in total. The number of anilines is 6. The predicted molar refractivity (Wildman–Crippen MR) is 495 cm³/mol. The van der Waals surface area contributed by atoms with Crippen LogP contribution in [0.3, 0.4) is 0 Å². The number of nitrogens with zero attached hydrogens (tertiary/aromatic N) is 4. The highest BCUT2D eigenvalue weighted by Gasteiger charge is 2.47. The summed E-state index contributed by atoms with van der Waals surface area (Å²) >= 11 is 0. The third-order valence-electron chi connectivity index (χ3n) is 23.5. The van der Waals surface area contributed by atoms with E-state index in [0.29, 0.717) is 22.7 Å². The van der Waals surface area contributed by atoms with Crippen LogP contribution in [0.5, 0.6) is 0 Å². The van der Waals surface area contributed by atoms with Gasteiger partial charge in [-0.3, -0.25) is 0 Å². The predicted octanol–water partition coefficient (Wildman–Crippen LogP) is 28.5. The molecule has 0 N–H and O–H groups in total. The smallest absolute Gasteiger partial charge is 0.252 e. The van der Waals surface area contributed by atoms with Crippen molar-refractivity contribution in [3.8, 4) is 78.1 Å². The van der Waals surface area contributed by atoms with Gasteiger partial charge in [0.25, 0.3) is 6.71 Å². The zero-order chi connectivity index (χ0) is 93.3. The summed E-state index contributed by atoms with van der Waals surface area (Å²) in [5.74, 6) is 0. The standard InChI is InChI=1S/C110H99BN4/c1-106(2,3)78-58-74(70-36-20-16-21-37-70)56-76(60-78)91-64-80(108(7,8)9)62-89(72-40-24-18-25-41-72)104(91)114-99-68-83(112-95-48-32-28-44-85(95)86-45-29-33-49-96(86)112)52-54-93(99)111-94-55-53-84(113-97-50-34-30-46-87(97)88-47-31-35-51-98(88)113)69-100(94)115(102-67-82(110(13,14)15)66-101(114)103(102)111)105-90(73-42-26-19-27-43-73)63-81(109(10,11)12)65-92(105)77-57-75(71-38-22-17-23-39-71)59-79(61-77)107(4,5)6/h16-69H,1-15H3/i28D,29D,30D,31D,32D,33D,34D,35D,44D,45D,46D,47D,48D,49D,50D,51D. The van der Waals surface area contributed by atoms with E-state index in [4.69, 9.17) is 0 Å². The van der Waals surface area contributed by atoms with Gasteiger partial charge in [-0.15, -0.1) is 0 Å². The molecule has 19 rings (SSSR count). The Kier molecular flexibility index (Phi) is 13.4. The zero-order valence-corrected chi connectivity index (χ0v) is 67.8. The van der Waals surface area contributed by atoms with Crippen LogP contribution in [0.1, 0.15) is 154 Å². The lowest BCUT2D eigenvalue weighted by atomic mass is 9.33. The molecular weight excluding hydrogens is 1390 g/mol. The Morgan fingerprint density at radius 1 is 0.243 bits per heavy atom. The van der Waals surface area contributed by atoms with E-state index >= 15 is 0 Å². The molecule has 0 amide bonds. The molecule has 0 radical (unpaired) electrons. The van der Waals surface area contributed by atoms with E-state index < -0.39 is 130 Å². The van der Waals surface area contributed by atoms with Gasteiger partial charge in [-0.1, -0.05) is 334 Å². The third kappa shape index (κ3) is 12.5. The Balaban J connectivity index is 1.07. The first-order chi connectivity index (χ1) is 61.8. The van der Waals surface area contributed by atoms with Crippen LogP contribution in [0.25, 0.3) is 122 Å². The summed E-state index contributed by atoms with van der Waals surface area (Å²) < 4.78 is 157. The summed E-state index contributed by atoms with van der Waals surface area (Å²) in [4.78, 5) is 4.80. The summed E-state index contributed by atoms with van der Waals surface area (Å²) in [6, 6.07) is 73.2. The number of hydrogen-bond acceptors (Lipinski definition) is 2. The number of hydrogen-bond donors (Lipinski definition) is 0. The number of aromatic nitrogens is 2. The molecule has 2 aliphatic rings. The van der Waals surface area contributed by atoms with Crippen LogP contribution in [-0.4, -0.2) is 15.8 Å². The van der Waals surface area contributed by atoms with E-state index in [0.717, 1.165) is 134 Å². The molecular formula is C110H99BN4. The highest BCUT2D eigenvalue weighted by Crippen LogP contribution is 2.57. The molecule has 0 bridgehead atoms. The van der Waals surface area contributed by atoms with E-state index in [-0.39, 0.29) is 43.6 Å². The molecule has 0 unspecified atom stereocenters. The Bertz CT molecular complexity index is 7140. The van der Waals surface area contributed by atoms with Crippen molar-refractivity contribution in [1.29, 1.82) is 0 Å². The van der Waals surface area contributed by atoms with Crippen molar-refractivity contribution in [2.75, 3.05) is 9.80 Å². The Morgan fingerprint density at radius 2 is 0.513 bits per heavy atom. The van der Waals surface area contributed by atoms with E-state index in [1.807, 2.05) is 48.5 Å². The summed E-state index contributed by atoms with van der Waals surface area (Å²) in [5.41, 5.74) is 20.7. The summed E-state index contributed by atoms with van der Waals surface area (Å²) in [6.07, 6.45) is 0. The minimum Gasteiger partial charge on any atom is -0.310 e. The van der Waals surface area contributed by atoms with Crippen LogP contribution in [0.2, 0.25) is 0 Å². The molecule has 562 valence electrons. The first-order valence-electron chi connectivity index (χ1n) is 47.8. The molecule has 0 aliphatic carbocycles. The number of para-hydroxylation sites is 4. The fourth-order valence-corrected chi connectivity index (χ4v) is 17.3. The van der Waals surface area contributed by atoms with Crippen LogP contribution in [-0.2, 0) is 27.1 Å². The monoisotopic (exact) mass is 1500 g/mol. The van der Waals surface area contributed by atoms with Crippen molar-refractivity contribution in [2.24, 2.45) is 0 Å². The van der Waals surface area contributed by atoms with Gasteiger partial charge in [0.2, 0.25) is 0 Å². The molecule has 115 heavy (non-hydrogen) atoms. The first-order valence-corrected chi connectivity index (χ1v) is 39.8. The maximum Gasteiger partial charge on any atom is 0.252 e. The molecule has 4 heterocycles. The van der Waals surface area contributed by atoms with Gasteiger partial charge in [-0.05, 0) is 213 Å². The van der Waals surface area contributed by atoms with Crippen LogP contribution >= 0.6 is 0 Å². The van der Waals surface area contributed by atoms with E-state index in [1.165, 1.54) is 0 Å². The van der Waals surface area contributed by atoms with Crippen LogP contribution in [0.15, 0.2) is 327 Å². The van der Waals surface area contributed by atoms with Crippen LogP contribution in [0, 0.1) is 0 Å². The average Bonchev–Trinajstić information content (AvgIpc) is 1.06. The quantitative estimate of drug-likeness (QED) is 0.127. The Morgan fingerprint density at radius 3 is 0.826 bits per heavy atom. The van der Waals surface area contributed by atoms with Gasteiger partial charge in [0.15, 0.2) is 0 Å². The maximum absolute atomic E-state index is 10.1. The fraction of sp³-hybridized carbons (Fsp3) is 0.182. The van der Waals surface area contributed by atoms with Gasteiger partial charge in [0.1, 0.15) is 0 Å². The normalized spacial score (nSPS) is 15.1. The largest absolute Gasteiger partial charge is 0.310 e. The molecule has 2 aromatic heterocycles. The number of fused-ring (bicyclic) bond motifs is 10. The molecule has 0 spiro atoms. The topological polar surface area (TPSA) is 16.3 Å². The Hall–Kier alpha value is -12.4. The lowest BCUT2D eigenvalue weighted by Gasteiger charge is -2.47. The molecule has 5 heteroatoms. The Labute approximate surface area is 702 Å². The van der Waals surface area contributed by atoms with Crippen molar-refractivity contribution in [3.05, 3.63) is 355 Å². The molecule has 17 aromatic rings. The second kappa shape index (κ2) is 27.1. The minimum absolute atomic E-state index is 0.0527. The average molecular weight is 1500 g/mol. The highest BCUT2D eigenvalue weighted by molar-refractivity contribution is 7.00. The van der Waals surface area contributed by atoms with Crippen molar-refractivity contribution in [3.63, 3.8) is 0 Å². The SMILES string of the molecule is [2H]c1c([2H])c([2H])c2c(c1[2H])c1c([2H])c([2H])c([2H])c([2H])c1n2-c1ccc2c(c1)N(c1c(-c3ccccc3)cc(C(C)(C)C)cc1-c1cc(-c3ccccc3)cc(C(C)(C)C)c1)c1cc(C(C)(C)C)cc3c1B2c1ccc(-n2c4c([2H])c([2H])c([2H])c([2H])c4c4c([2H])c([2H])c([2H])c([2H])c42)cc1N3c1c(-c2ccccc2)cc(C(C)(C)C)cc1-c1cc(-c2ccccc2)cc(C(C)(C)C)c1. The van der Waals surface area contributed by atoms with Crippen LogP contribution < -0.4 is 26.2 Å². The lowest BCUT2D eigenvalue weighted by Crippen LogP contribution is -2.61. The van der Waals surface area contributed by atoms with Crippen LogP contribution in [0.4, 0.5) is 34.1 Å². The van der Waals surface area contributed by atoms with Gasteiger partial charge >= 0.3 is 0 Å². The van der Waals surface area contributed by atoms with Gasteiger partial charge in [-0.2, -0.15) is 0 Å². The van der Waals surface area contributed by atoms with Crippen molar-refractivity contribution >= 4 is 101 Å². The van der Waals surface area contributed by atoms with E-state index in [2.05, 4.69) is 296 Å². The highest BCUT2D eigenvalue weighted by atomic mass is 15.2. The van der Waals surface area contributed by atoms with Gasteiger partial charge < -0.3 is 18.9 Å². The first kappa shape index (κ1) is 56.7. The molecule has 2 aliphatic heterocycles. The third-order valence-corrected chi connectivity index (χ3v) is 23.5. The zero-order valence-electron chi connectivity index (χ0n) is 83.8. The second-order valence-corrected chi connectivity index (χ2v) is 36.2. The molecule has 0 atom stereocenters. The van der Waals surface area contributed by atoms with Crippen molar-refractivity contribution < 1.29 is 21.9 Å². The van der Waals surface area contributed by atoms with Gasteiger partial charge in [0, 0.05) is 77.9 Å². The number of benzene rings is 15. The molecule has 0 saturated heterocycles. The van der Waals surface area contributed by atoms with Crippen molar-refractivity contribution in [1.82, 2.24) is 9.13 Å². The van der Waals surface area contributed by atoms with E-state index in [9.17, 15) is 21.9 Å². The molecule has 0 fully saturated rings. The molecule has 15 aromatic carbocycles. The summed E-state index contributed by atoms with van der Waals surface area (Å²) in [5, 5.41) is -0.298. The summed E-state index contributed by atoms with van der Waals surface area (Å²) in [7, 11) is 0. The number of rotatable bonds is 10. The minimum atomic E-state index is -0.812.